The summed E-state index contributed by atoms with van der Waals surface area (Å²) in [6.07, 6.45) is 97.1. The Morgan fingerprint density at radius 2 is 0.283 bits per heavy atom. The van der Waals surface area contributed by atoms with Crippen LogP contribution >= 0.6 is 0 Å². The summed E-state index contributed by atoms with van der Waals surface area (Å²) >= 11 is 0. The molecule has 0 heterocycles. The molecule has 0 aromatic rings. The van der Waals surface area contributed by atoms with E-state index in [9.17, 15) is 0 Å². The fourth-order valence-corrected chi connectivity index (χ4v) is 7.31. The standard InChI is InChI=1S/C60H54/c1-7-19-49-31-33-51(43-49)21-9-2-11-23-53-35-37-55(45-53)25-13-4-15-27-57-39-41-59(47-57)29-17-6-18-30-60-42-40-58(48-60)28-16-5-14-26-56-38-36-54(46-56)24-12-3-10-22-52-34-32-50(44-52)20-8-1/h1-42H,43-48H2. The number of allylic oxidation sites excluding steroid dienone is 54. The summed E-state index contributed by atoms with van der Waals surface area (Å²) in [6, 6.07) is 0. The monoisotopic (exact) mass is 774 g/mol. The summed E-state index contributed by atoms with van der Waals surface area (Å²) < 4.78 is 0. The van der Waals surface area contributed by atoms with Crippen molar-refractivity contribution < 1.29 is 0 Å². The van der Waals surface area contributed by atoms with Gasteiger partial charge in [0.15, 0.2) is 0 Å². The lowest BCUT2D eigenvalue weighted by Gasteiger charge is -1.95. The zero-order valence-electron chi connectivity index (χ0n) is 34.5. The number of fused-ring (bicyclic) bond motifs is 12. The molecule has 0 N–H and O–H groups in total. The lowest BCUT2D eigenvalue weighted by Crippen LogP contribution is -1.75. The largest absolute Gasteiger partial charge is 0.0622 e. The number of hydrogen-bond donors (Lipinski definition) is 0. The van der Waals surface area contributed by atoms with Gasteiger partial charge in [-0.1, -0.05) is 255 Å². The summed E-state index contributed by atoms with van der Waals surface area (Å²) in [5.41, 5.74) is 15.9. The summed E-state index contributed by atoms with van der Waals surface area (Å²) in [4.78, 5) is 0. The van der Waals surface area contributed by atoms with Crippen LogP contribution in [0, 0.1) is 0 Å². The van der Waals surface area contributed by atoms with E-state index in [1.165, 1.54) is 66.9 Å². The van der Waals surface area contributed by atoms with Gasteiger partial charge in [0.05, 0.1) is 0 Å². The average molecular weight is 775 g/mol. The van der Waals surface area contributed by atoms with E-state index in [2.05, 4.69) is 255 Å². The summed E-state index contributed by atoms with van der Waals surface area (Å²) in [7, 11) is 0. The van der Waals surface area contributed by atoms with Crippen LogP contribution in [-0.4, -0.2) is 0 Å². The highest BCUT2D eigenvalue weighted by Gasteiger charge is 2.07. The molecule has 7 rings (SSSR count). The average Bonchev–Trinajstić information content (AvgIpc) is 4.12. The first-order chi connectivity index (χ1) is 29.7. The Kier molecular flexibility index (Phi) is 15.6. The SMILES string of the molecule is C1=CC=C2C=CC(=CC=CC=CC3=CC=C(C=CC=CC=C4C=CC(=CC=CC=CC5=CC=C(C=CC=CC=C6C=CC(=CC=CC=CC7=CC=C(C=C1)C7)C6)C5)C4)C3)C2. The summed E-state index contributed by atoms with van der Waals surface area (Å²) in [5, 5.41) is 0. The van der Waals surface area contributed by atoms with Crippen LogP contribution < -0.4 is 0 Å². The quantitative estimate of drug-likeness (QED) is 0.230. The first kappa shape index (κ1) is 41.2. The molecule has 0 heteroatoms. The minimum atomic E-state index is 0.960. The predicted octanol–water partition coefficient (Wildman–Crippen LogP) is 15.9. The molecular formula is C60H54. The molecule has 0 aromatic heterocycles. The zero-order valence-corrected chi connectivity index (χ0v) is 34.5. The zero-order chi connectivity index (χ0) is 40.9. The Morgan fingerprint density at radius 1 is 0.133 bits per heavy atom. The molecule has 60 heavy (non-hydrogen) atoms. The maximum atomic E-state index is 2.21. The van der Waals surface area contributed by atoms with Gasteiger partial charge in [-0.3, -0.25) is 0 Å². The molecule has 0 aromatic carbocycles. The van der Waals surface area contributed by atoms with E-state index >= 15 is 0 Å². The van der Waals surface area contributed by atoms with Gasteiger partial charge in [0, 0.05) is 0 Å². The van der Waals surface area contributed by atoms with Crippen molar-refractivity contribution in [3.8, 4) is 0 Å². The third kappa shape index (κ3) is 14.1. The van der Waals surface area contributed by atoms with Gasteiger partial charge < -0.3 is 0 Å². The molecule has 0 spiro atoms. The molecule has 0 saturated heterocycles. The van der Waals surface area contributed by atoms with E-state index in [0.29, 0.717) is 0 Å². The van der Waals surface area contributed by atoms with Crippen LogP contribution in [0.15, 0.2) is 322 Å². The van der Waals surface area contributed by atoms with E-state index in [1.54, 1.807) is 0 Å². The van der Waals surface area contributed by atoms with E-state index in [4.69, 9.17) is 0 Å². The Hall–Kier alpha value is -7.02. The van der Waals surface area contributed by atoms with E-state index < -0.39 is 0 Å². The highest BCUT2D eigenvalue weighted by molar-refractivity contribution is 5.49. The first-order valence-corrected chi connectivity index (χ1v) is 21.2. The van der Waals surface area contributed by atoms with E-state index in [0.717, 1.165) is 38.5 Å². The molecule has 294 valence electrons. The van der Waals surface area contributed by atoms with E-state index in [-0.39, 0.29) is 0 Å². The Balaban J connectivity index is 0.926. The fraction of sp³-hybridized carbons (Fsp3) is 0.100. The fourth-order valence-electron chi connectivity index (χ4n) is 7.31. The van der Waals surface area contributed by atoms with Crippen molar-refractivity contribution in [1.29, 1.82) is 0 Å². The van der Waals surface area contributed by atoms with Crippen molar-refractivity contribution in [3.63, 3.8) is 0 Å². The molecule has 0 fully saturated rings. The molecule has 0 aliphatic heterocycles. The van der Waals surface area contributed by atoms with Crippen LogP contribution in [0.1, 0.15) is 38.5 Å². The van der Waals surface area contributed by atoms with Gasteiger partial charge in [0.2, 0.25) is 0 Å². The second-order valence-corrected chi connectivity index (χ2v) is 15.4. The molecule has 0 atom stereocenters. The van der Waals surface area contributed by atoms with Crippen molar-refractivity contribution >= 4 is 0 Å². The maximum Gasteiger partial charge on any atom is -0.00258 e. The van der Waals surface area contributed by atoms with Crippen molar-refractivity contribution in [2.45, 2.75) is 38.5 Å². The highest BCUT2D eigenvalue weighted by Crippen LogP contribution is 2.26. The second kappa shape index (κ2) is 22.8. The third-order valence-corrected chi connectivity index (χ3v) is 10.6. The van der Waals surface area contributed by atoms with Gasteiger partial charge in [-0.05, 0) is 105 Å². The highest BCUT2D eigenvalue weighted by atomic mass is 14.1. The Bertz CT molecular complexity index is 2060. The van der Waals surface area contributed by atoms with Gasteiger partial charge in [0.25, 0.3) is 0 Å². The Morgan fingerprint density at radius 3 is 0.450 bits per heavy atom. The Labute approximate surface area is 359 Å². The van der Waals surface area contributed by atoms with Crippen LogP contribution in [0.4, 0.5) is 0 Å². The van der Waals surface area contributed by atoms with Crippen molar-refractivity contribution in [1.82, 2.24) is 0 Å². The summed E-state index contributed by atoms with van der Waals surface area (Å²) in [6.45, 7) is 0. The molecular weight excluding hydrogens is 721 g/mol. The van der Waals surface area contributed by atoms with Crippen molar-refractivity contribution in [3.05, 3.63) is 322 Å². The summed E-state index contributed by atoms with van der Waals surface area (Å²) in [5.74, 6) is 0. The minimum absolute atomic E-state index is 0.960. The van der Waals surface area contributed by atoms with Crippen LogP contribution in [-0.2, 0) is 0 Å². The molecule has 7 aliphatic carbocycles. The molecule has 0 saturated carbocycles. The smallest absolute Gasteiger partial charge is 0.00258 e. The molecule has 0 amide bonds. The predicted molar refractivity (Wildman–Crippen MR) is 262 cm³/mol. The minimum Gasteiger partial charge on any atom is -0.0622 e. The van der Waals surface area contributed by atoms with Crippen molar-refractivity contribution in [2.75, 3.05) is 0 Å². The molecule has 0 unspecified atom stereocenters. The van der Waals surface area contributed by atoms with Gasteiger partial charge in [-0.25, -0.2) is 0 Å². The maximum absolute atomic E-state index is 2.21. The van der Waals surface area contributed by atoms with Crippen LogP contribution in [0.25, 0.3) is 0 Å². The van der Waals surface area contributed by atoms with Gasteiger partial charge in [0.1, 0.15) is 0 Å². The number of hydrogen-bond acceptors (Lipinski definition) is 0. The topological polar surface area (TPSA) is 0 Å². The molecule has 7 aliphatic rings. The van der Waals surface area contributed by atoms with Gasteiger partial charge >= 0.3 is 0 Å². The van der Waals surface area contributed by atoms with Crippen LogP contribution in [0.2, 0.25) is 0 Å². The van der Waals surface area contributed by atoms with Crippen LogP contribution in [0.3, 0.4) is 0 Å². The molecule has 0 radical (unpaired) electrons. The molecule has 0 nitrogen and oxygen atoms in total. The van der Waals surface area contributed by atoms with E-state index in [1.807, 2.05) is 0 Å². The third-order valence-electron chi connectivity index (χ3n) is 10.6. The van der Waals surface area contributed by atoms with Gasteiger partial charge in [-0.15, -0.1) is 0 Å². The second-order valence-electron chi connectivity index (χ2n) is 15.4. The number of rotatable bonds is 0. The lowest BCUT2D eigenvalue weighted by atomic mass is 10.1. The van der Waals surface area contributed by atoms with Crippen LogP contribution in [0.5, 0.6) is 0 Å². The first-order valence-electron chi connectivity index (χ1n) is 21.2. The lowest BCUT2D eigenvalue weighted by molar-refractivity contribution is 1.25. The van der Waals surface area contributed by atoms with Gasteiger partial charge in [-0.2, -0.15) is 0 Å². The van der Waals surface area contributed by atoms with Crippen molar-refractivity contribution in [2.24, 2.45) is 0 Å². The molecule has 12 bridgehead atoms. The normalized spacial score (nSPS) is 20.8.